The molecular weight excluding hydrogens is 310 g/mol. The molecule has 1 aromatic carbocycles. The van der Waals surface area contributed by atoms with Crippen LogP contribution in [-0.4, -0.2) is 42.8 Å². The number of carboxylic acids is 1. The predicted octanol–water partition coefficient (Wildman–Crippen LogP) is 0.490. The molecule has 8 heteroatoms. The Bertz CT molecular complexity index is 669. The van der Waals surface area contributed by atoms with Crippen LogP contribution in [0.4, 0.5) is 4.79 Å². The van der Waals surface area contributed by atoms with Crippen molar-refractivity contribution in [2.45, 2.75) is 0 Å². The summed E-state index contributed by atoms with van der Waals surface area (Å²) in [6.07, 6.45) is 1.47. The molecule has 2 amide bonds. The third-order valence-corrected chi connectivity index (χ3v) is 3.80. The lowest BCUT2D eigenvalue weighted by Crippen LogP contribution is -2.40. The van der Waals surface area contributed by atoms with Crippen LogP contribution < -0.4 is 14.6 Å². The zero-order valence-electron chi connectivity index (χ0n) is 11.8. The first-order chi connectivity index (χ1) is 10.5. The molecule has 7 nitrogen and oxygen atoms in total. The summed E-state index contributed by atoms with van der Waals surface area (Å²) < 4.78 is 10.3. The predicted molar refractivity (Wildman–Crippen MR) is 77.2 cm³/mol. The maximum absolute atomic E-state index is 12.0. The van der Waals surface area contributed by atoms with E-state index in [2.05, 4.69) is 0 Å². The van der Waals surface area contributed by atoms with Crippen molar-refractivity contribution in [3.8, 4) is 11.5 Å². The van der Waals surface area contributed by atoms with E-state index in [9.17, 15) is 19.5 Å². The molecule has 1 aromatic rings. The molecule has 116 valence electrons. The minimum atomic E-state index is -1.49. The van der Waals surface area contributed by atoms with Gasteiger partial charge >= 0.3 is 0 Å². The Labute approximate surface area is 130 Å². The van der Waals surface area contributed by atoms with Gasteiger partial charge in [-0.2, -0.15) is 0 Å². The topological polar surface area (TPSA) is 96.0 Å². The van der Waals surface area contributed by atoms with E-state index in [-0.39, 0.29) is 4.91 Å². The van der Waals surface area contributed by atoms with E-state index in [1.807, 2.05) is 0 Å². The van der Waals surface area contributed by atoms with Gasteiger partial charge in [0.05, 0.1) is 31.6 Å². The lowest BCUT2D eigenvalue weighted by atomic mass is 10.1. The highest BCUT2D eigenvalue weighted by molar-refractivity contribution is 8.18. The smallest absolute Gasteiger partial charge is 0.293 e. The lowest BCUT2D eigenvalue weighted by molar-refractivity contribution is -0.305. The highest BCUT2D eigenvalue weighted by Crippen LogP contribution is 2.34. The summed E-state index contributed by atoms with van der Waals surface area (Å²) >= 11 is 0.668. The average Bonchev–Trinajstić information content (AvgIpc) is 2.75. The standard InChI is InChI=1S/C14H13NO6S/c1-20-9-4-3-8(10(6-9)21-2)5-11-13(18)15(7-12(16)17)14(19)22-11/h3-6H,7H2,1-2H3,(H,16,17)/p-1/b11-5+. The number of thioether (sulfide) groups is 1. The zero-order valence-corrected chi connectivity index (χ0v) is 12.6. The Morgan fingerprint density at radius 2 is 2.05 bits per heavy atom. The number of hydrogen-bond acceptors (Lipinski definition) is 7. The van der Waals surface area contributed by atoms with Crippen molar-refractivity contribution < 1.29 is 29.0 Å². The maximum Gasteiger partial charge on any atom is 0.293 e. The van der Waals surface area contributed by atoms with E-state index in [4.69, 9.17) is 9.47 Å². The summed E-state index contributed by atoms with van der Waals surface area (Å²) in [5.74, 6) is -1.12. The lowest BCUT2D eigenvalue weighted by Gasteiger charge is -2.12. The van der Waals surface area contributed by atoms with Crippen LogP contribution in [0.1, 0.15) is 5.56 Å². The van der Waals surface area contributed by atoms with Gasteiger partial charge in [-0.05, 0) is 30.0 Å². The van der Waals surface area contributed by atoms with Gasteiger partial charge in [-0.1, -0.05) is 0 Å². The highest BCUT2D eigenvalue weighted by Gasteiger charge is 2.35. The van der Waals surface area contributed by atoms with Gasteiger partial charge in [0, 0.05) is 11.6 Å². The van der Waals surface area contributed by atoms with Crippen LogP contribution in [-0.2, 0) is 9.59 Å². The van der Waals surface area contributed by atoms with Gasteiger partial charge in [-0.15, -0.1) is 0 Å². The second-order valence-electron chi connectivity index (χ2n) is 4.25. The van der Waals surface area contributed by atoms with Gasteiger partial charge < -0.3 is 19.4 Å². The minimum Gasteiger partial charge on any atom is -0.548 e. The van der Waals surface area contributed by atoms with Crippen molar-refractivity contribution in [3.05, 3.63) is 28.7 Å². The molecule has 1 heterocycles. The van der Waals surface area contributed by atoms with E-state index in [0.29, 0.717) is 33.7 Å². The molecule has 0 atom stereocenters. The van der Waals surface area contributed by atoms with Gasteiger partial charge in [0.25, 0.3) is 11.1 Å². The van der Waals surface area contributed by atoms with E-state index in [1.54, 1.807) is 18.2 Å². The molecule has 0 bridgehead atoms. The normalized spacial score (nSPS) is 16.3. The van der Waals surface area contributed by atoms with Crippen molar-refractivity contribution in [2.75, 3.05) is 20.8 Å². The zero-order chi connectivity index (χ0) is 16.3. The number of imide groups is 1. The quantitative estimate of drug-likeness (QED) is 0.728. The Morgan fingerprint density at radius 1 is 1.32 bits per heavy atom. The van der Waals surface area contributed by atoms with Crippen molar-refractivity contribution in [3.63, 3.8) is 0 Å². The van der Waals surface area contributed by atoms with Gasteiger partial charge in [0.1, 0.15) is 11.5 Å². The Morgan fingerprint density at radius 3 is 2.64 bits per heavy atom. The molecule has 1 fully saturated rings. The number of carbonyl (C=O) groups excluding carboxylic acids is 3. The van der Waals surface area contributed by atoms with Gasteiger partial charge in [-0.25, -0.2) is 0 Å². The number of carbonyl (C=O) groups is 3. The van der Waals surface area contributed by atoms with Crippen molar-refractivity contribution in [2.24, 2.45) is 0 Å². The van der Waals surface area contributed by atoms with Crippen LogP contribution in [0, 0.1) is 0 Å². The number of carboxylic acid groups (broad SMARTS) is 1. The molecule has 1 saturated heterocycles. The van der Waals surface area contributed by atoms with Crippen LogP contribution in [0.25, 0.3) is 6.08 Å². The maximum atomic E-state index is 12.0. The van der Waals surface area contributed by atoms with Crippen LogP contribution in [0.2, 0.25) is 0 Å². The number of hydrogen-bond donors (Lipinski definition) is 0. The van der Waals surface area contributed by atoms with E-state index in [1.165, 1.54) is 20.3 Å². The van der Waals surface area contributed by atoms with Crippen LogP contribution in [0.5, 0.6) is 11.5 Å². The number of rotatable bonds is 5. The summed E-state index contributed by atoms with van der Waals surface area (Å²) in [5, 5.41) is 9.92. The molecule has 0 spiro atoms. The third kappa shape index (κ3) is 3.22. The molecule has 0 radical (unpaired) electrons. The molecule has 1 aliphatic rings. The first kappa shape index (κ1) is 15.9. The number of aliphatic carboxylic acids is 1. The van der Waals surface area contributed by atoms with Crippen LogP contribution >= 0.6 is 11.8 Å². The van der Waals surface area contributed by atoms with Gasteiger partial charge in [0.15, 0.2) is 0 Å². The molecule has 2 rings (SSSR count). The monoisotopic (exact) mass is 322 g/mol. The fourth-order valence-corrected chi connectivity index (χ4v) is 2.67. The summed E-state index contributed by atoms with van der Waals surface area (Å²) in [5.41, 5.74) is 0.572. The second-order valence-corrected chi connectivity index (χ2v) is 5.24. The molecule has 0 aliphatic carbocycles. The molecule has 0 aromatic heterocycles. The second kappa shape index (κ2) is 6.52. The van der Waals surface area contributed by atoms with Gasteiger partial charge in [0.2, 0.25) is 0 Å². The Hall–Kier alpha value is -2.48. The van der Waals surface area contributed by atoms with Gasteiger partial charge in [-0.3, -0.25) is 14.5 Å². The summed E-state index contributed by atoms with van der Waals surface area (Å²) in [4.78, 5) is 35.0. The SMILES string of the molecule is COc1ccc(/C=C2/SC(=O)N(CC(=O)[O-])C2=O)c(OC)c1. The number of methoxy groups -OCH3 is 2. The van der Waals surface area contributed by atoms with E-state index < -0.39 is 23.7 Å². The minimum absolute atomic E-state index is 0.120. The molecule has 1 aliphatic heterocycles. The first-order valence-corrected chi connectivity index (χ1v) is 6.95. The van der Waals surface area contributed by atoms with E-state index >= 15 is 0 Å². The average molecular weight is 322 g/mol. The molecule has 0 saturated carbocycles. The number of nitrogens with zero attached hydrogens (tertiary/aromatic N) is 1. The van der Waals surface area contributed by atoms with Crippen molar-refractivity contribution in [1.29, 1.82) is 0 Å². The molecular formula is C14H12NO6S-. The van der Waals surface area contributed by atoms with Crippen molar-refractivity contribution in [1.82, 2.24) is 4.90 Å². The number of ether oxygens (including phenoxy) is 2. The molecule has 22 heavy (non-hydrogen) atoms. The van der Waals surface area contributed by atoms with E-state index in [0.717, 1.165) is 0 Å². The largest absolute Gasteiger partial charge is 0.548 e. The van der Waals surface area contributed by atoms with Crippen molar-refractivity contribution >= 4 is 35.0 Å². The third-order valence-electron chi connectivity index (χ3n) is 2.89. The molecule has 0 N–H and O–H groups in total. The molecule has 0 unspecified atom stereocenters. The number of amides is 2. The summed E-state index contributed by atoms with van der Waals surface area (Å²) in [6.45, 7) is -0.762. The Kier molecular flexibility index (Phi) is 4.71. The Balaban J connectivity index is 2.32. The number of benzene rings is 1. The summed E-state index contributed by atoms with van der Waals surface area (Å²) in [7, 11) is 2.98. The van der Waals surface area contributed by atoms with Crippen LogP contribution in [0.3, 0.4) is 0 Å². The highest BCUT2D eigenvalue weighted by atomic mass is 32.2. The summed E-state index contributed by atoms with van der Waals surface area (Å²) in [6, 6.07) is 4.99. The first-order valence-electron chi connectivity index (χ1n) is 6.13. The van der Waals surface area contributed by atoms with Crippen LogP contribution in [0.15, 0.2) is 23.1 Å². The fraction of sp³-hybridized carbons (Fsp3) is 0.214. The fourth-order valence-electron chi connectivity index (χ4n) is 1.84.